The summed E-state index contributed by atoms with van der Waals surface area (Å²) in [5.41, 5.74) is 0.253. The number of nitrogens with one attached hydrogen (secondary N) is 1. The minimum atomic E-state index is -0.900. The Hall–Kier alpha value is -1.65. The molecule has 0 spiro atoms. The Bertz CT molecular complexity index is 449. The normalized spacial score (nSPS) is 15.8. The highest BCUT2D eigenvalue weighted by molar-refractivity contribution is 5.67. The van der Waals surface area contributed by atoms with Crippen molar-refractivity contribution in [2.24, 2.45) is 0 Å². The van der Waals surface area contributed by atoms with Crippen LogP contribution in [0, 0.1) is 0 Å². The number of carboxylic acids is 1. The van der Waals surface area contributed by atoms with Crippen LogP contribution in [0.25, 0.3) is 0 Å². The maximum atomic E-state index is 11.6. The van der Waals surface area contributed by atoms with Crippen LogP contribution in [0.4, 0.5) is 0 Å². The summed E-state index contributed by atoms with van der Waals surface area (Å²) in [4.78, 5) is 28.9. The van der Waals surface area contributed by atoms with E-state index in [0.29, 0.717) is 11.5 Å². The lowest BCUT2D eigenvalue weighted by Gasteiger charge is -2.23. The molecule has 2 rings (SSSR count). The van der Waals surface area contributed by atoms with E-state index in [1.807, 2.05) is 0 Å². The van der Waals surface area contributed by atoms with Crippen molar-refractivity contribution in [1.82, 2.24) is 9.97 Å². The van der Waals surface area contributed by atoms with E-state index >= 15 is 0 Å². The van der Waals surface area contributed by atoms with Crippen molar-refractivity contribution in [3.63, 3.8) is 0 Å². The van der Waals surface area contributed by atoms with Crippen molar-refractivity contribution in [3.05, 3.63) is 27.9 Å². The van der Waals surface area contributed by atoms with Gasteiger partial charge in [0.2, 0.25) is 0 Å². The van der Waals surface area contributed by atoms with Gasteiger partial charge in [0.05, 0.1) is 0 Å². The smallest absolute Gasteiger partial charge is 0.303 e. The fourth-order valence-electron chi connectivity index (χ4n) is 1.74. The van der Waals surface area contributed by atoms with Crippen LogP contribution in [0.15, 0.2) is 11.0 Å². The first-order chi connectivity index (χ1) is 7.66. The van der Waals surface area contributed by atoms with E-state index in [1.165, 1.54) is 12.6 Å². The molecule has 0 aromatic carbocycles. The van der Waals surface area contributed by atoms with Crippen molar-refractivity contribution in [3.8, 4) is 0 Å². The van der Waals surface area contributed by atoms with Gasteiger partial charge in [-0.1, -0.05) is 6.42 Å². The van der Waals surface area contributed by atoms with Crippen LogP contribution < -0.4 is 5.56 Å². The average Bonchev–Trinajstić information content (AvgIpc) is 2.13. The molecule has 0 amide bonds. The number of aromatic amines is 1. The molecule has 0 atom stereocenters. The van der Waals surface area contributed by atoms with Crippen LogP contribution >= 0.6 is 0 Å². The third-order valence-corrected chi connectivity index (χ3v) is 2.99. The lowest BCUT2D eigenvalue weighted by molar-refractivity contribution is -0.136. The molecule has 1 heterocycles. The van der Waals surface area contributed by atoms with Crippen molar-refractivity contribution in [2.75, 3.05) is 0 Å². The molecule has 0 radical (unpaired) electrons. The number of H-pyrrole nitrogens is 1. The Morgan fingerprint density at radius 1 is 1.56 bits per heavy atom. The monoisotopic (exact) mass is 222 g/mol. The van der Waals surface area contributed by atoms with E-state index in [4.69, 9.17) is 5.11 Å². The number of rotatable bonds is 4. The van der Waals surface area contributed by atoms with Gasteiger partial charge in [-0.25, -0.2) is 4.98 Å². The molecule has 1 aliphatic rings. The molecule has 1 aromatic rings. The molecule has 5 nitrogen and oxygen atoms in total. The zero-order valence-corrected chi connectivity index (χ0v) is 8.90. The summed E-state index contributed by atoms with van der Waals surface area (Å²) in [7, 11) is 0. The number of aliphatic carboxylic acids is 1. The first kappa shape index (κ1) is 10.9. The van der Waals surface area contributed by atoms with Crippen molar-refractivity contribution in [1.29, 1.82) is 0 Å². The first-order valence-electron chi connectivity index (χ1n) is 5.46. The van der Waals surface area contributed by atoms with E-state index in [1.54, 1.807) is 0 Å². The summed E-state index contributed by atoms with van der Waals surface area (Å²) < 4.78 is 0. The molecule has 1 fully saturated rings. The van der Waals surface area contributed by atoms with Crippen LogP contribution in [0.1, 0.15) is 43.0 Å². The van der Waals surface area contributed by atoms with E-state index in [2.05, 4.69) is 9.97 Å². The Labute approximate surface area is 92.5 Å². The lowest BCUT2D eigenvalue weighted by atomic mass is 9.85. The molecule has 0 bridgehead atoms. The van der Waals surface area contributed by atoms with Crippen LogP contribution in [0.3, 0.4) is 0 Å². The Kier molecular flexibility index (Phi) is 3.03. The highest BCUT2D eigenvalue weighted by Crippen LogP contribution is 2.33. The van der Waals surface area contributed by atoms with Crippen molar-refractivity contribution < 1.29 is 9.90 Å². The summed E-state index contributed by atoms with van der Waals surface area (Å²) in [6.45, 7) is 0. The first-order valence-corrected chi connectivity index (χ1v) is 5.46. The molecular weight excluding hydrogens is 208 g/mol. The minimum absolute atomic E-state index is 0.0342. The molecule has 2 N–H and O–H groups in total. The van der Waals surface area contributed by atoms with E-state index in [0.717, 1.165) is 18.7 Å². The summed E-state index contributed by atoms with van der Waals surface area (Å²) in [5.74, 6) is 0.235. The molecule has 86 valence electrons. The maximum Gasteiger partial charge on any atom is 0.303 e. The van der Waals surface area contributed by atoms with Gasteiger partial charge in [-0.05, 0) is 19.3 Å². The number of hydrogen-bond acceptors (Lipinski definition) is 3. The van der Waals surface area contributed by atoms with Gasteiger partial charge in [0, 0.05) is 24.1 Å². The van der Waals surface area contributed by atoms with E-state index < -0.39 is 5.97 Å². The standard InChI is InChI=1S/C11H14N2O3/c14-9(15)5-4-8-6-12-10(13-11(8)16)7-2-1-3-7/h6-7H,1-5H2,(H,14,15)(H,12,13,16). The predicted octanol–water partition coefficient (Wildman–Crippen LogP) is 1.05. The number of aromatic nitrogens is 2. The largest absolute Gasteiger partial charge is 0.481 e. The van der Waals surface area contributed by atoms with Crippen molar-refractivity contribution >= 4 is 5.97 Å². The number of carbonyl (C=O) groups is 1. The topological polar surface area (TPSA) is 83.0 Å². The summed E-state index contributed by atoms with van der Waals surface area (Å²) in [6.07, 6.45) is 5.07. The zero-order chi connectivity index (χ0) is 11.5. The number of hydrogen-bond donors (Lipinski definition) is 2. The minimum Gasteiger partial charge on any atom is -0.481 e. The number of carboxylic acid groups (broad SMARTS) is 1. The van der Waals surface area contributed by atoms with Gasteiger partial charge in [0.1, 0.15) is 5.82 Å². The molecule has 1 aliphatic carbocycles. The van der Waals surface area contributed by atoms with Crippen LogP contribution in [-0.2, 0) is 11.2 Å². The van der Waals surface area contributed by atoms with Gasteiger partial charge in [-0.3, -0.25) is 9.59 Å². The summed E-state index contributed by atoms with van der Waals surface area (Å²) >= 11 is 0. The fraction of sp³-hybridized carbons (Fsp3) is 0.545. The second kappa shape index (κ2) is 4.47. The van der Waals surface area contributed by atoms with Gasteiger partial charge in [0.25, 0.3) is 5.56 Å². The third kappa shape index (κ3) is 2.29. The predicted molar refractivity (Wildman–Crippen MR) is 57.4 cm³/mol. The molecule has 1 aromatic heterocycles. The van der Waals surface area contributed by atoms with Crippen LogP contribution in [0.5, 0.6) is 0 Å². The molecular formula is C11H14N2O3. The highest BCUT2D eigenvalue weighted by Gasteiger charge is 2.21. The SMILES string of the molecule is O=C(O)CCc1cnc(C2CCC2)[nH]c1=O. The van der Waals surface area contributed by atoms with Gasteiger partial charge >= 0.3 is 5.97 Å². The number of aryl methyl sites for hydroxylation is 1. The van der Waals surface area contributed by atoms with Crippen LogP contribution in [0.2, 0.25) is 0 Å². The Morgan fingerprint density at radius 2 is 2.31 bits per heavy atom. The van der Waals surface area contributed by atoms with Crippen molar-refractivity contribution in [2.45, 2.75) is 38.0 Å². The summed E-state index contributed by atoms with van der Waals surface area (Å²) in [6, 6.07) is 0. The van der Waals surface area contributed by atoms with Gasteiger partial charge in [-0.2, -0.15) is 0 Å². The van der Waals surface area contributed by atoms with Gasteiger partial charge in [0.15, 0.2) is 0 Å². The lowest BCUT2D eigenvalue weighted by Crippen LogP contribution is -2.21. The van der Waals surface area contributed by atoms with E-state index in [-0.39, 0.29) is 18.4 Å². The fourth-order valence-corrected chi connectivity index (χ4v) is 1.74. The molecule has 5 heteroatoms. The molecule has 0 aliphatic heterocycles. The number of nitrogens with zero attached hydrogens (tertiary/aromatic N) is 1. The Morgan fingerprint density at radius 3 is 2.81 bits per heavy atom. The van der Waals surface area contributed by atoms with Gasteiger partial charge in [-0.15, -0.1) is 0 Å². The maximum absolute atomic E-state index is 11.6. The van der Waals surface area contributed by atoms with E-state index in [9.17, 15) is 9.59 Å². The third-order valence-electron chi connectivity index (χ3n) is 2.99. The average molecular weight is 222 g/mol. The molecule has 0 saturated heterocycles. The molecule has 0 unspecified atom stereocenters. The highest BCUT2D eigenvalue weighted by atomic mass is 16.4. The van der Waals surface area contributed by atoms with Gasteiger partial charge < -0.3 is 10.1 Å². The second-order valence-electron chi connectivity index (χ2n) is 4.14. The summed E-state index contributed by atoms with van der Waals surface area (Å²) in [5, 5.41) is 8.52. The second-order valence-corrected chi connectivity index (χ2v) is 4.14. The quantitative estimate of drug-likeness (QED) is 0.797. The molecule has 16 heavy (non-hydrogen) atoms. The molecule has 1 saturated carbocycles. The zero-order valence-electron chi connectivity index (χ0n) is 8.90. The Balaban J connectivity index is 2.10. The van der Waals surface area contributed by atoms with Crippen LogP contribution in [-0.4, -0.2) is 21.0 Å².